The van der Waals surface area contributed by atoms with Gasteiger partial charge < -0.3 is 10.2 Å². The highest BCUT2D eigenvalue weighted by atomic mass is 35.5. The fourth-order valence-electron chi connectivity index (χ4n) is 2.37. The van der Waals surface area contributed by atoms with E-state index in [0.717, 1.165) is 13.0 Å². The lowest BCUT2D eigenvalue weighted by Gasteiger charge is -2.12. The first-order valence-corrected chi connectivity index (χ1v) is 7.01. The normalized spacial score (nSPS) is 15.8. The molecule has 1 aliphatic heterocycles. The van der Waals surface area contributed by atoms with Gasteiger partial charge in [-0.05, 0) is 24.3 Å². The van der Waals surface area contributed by atoms with E-state index in [1.807, 2.05) is 0 Å². The Bertz CT molecular complexity index is 385. The van der Waals surface area contributed by atoms with Crippen LogP contribution >= 0.6 is 11.6 Å². The predicted octanol–water partition coefficient (Wildman–Crippen LogP) is 1.14. The van der Waals surface area contributed by atoms with E-state index in [1.54, 1.807) is 29.2 Å². The van der Waals surface area contributed by atoms with Crippen LogP contribution in [0.2, 0.25) is 5.02 Å². The third-order valence-corrected chi connectivity index (χ3v) is 3.66. The van der Waals surface area contributed by atoms with Crippen molar-refractivity contribution in [2.75, 3.05) is 26.2 Å². The maximum Gasteiger partial charge on any atom is 0.251 e. The smallest absolute Gasteiger partial charge is 0.251 e. The maximum absolute atomic E-state index is 11.8. The summed E-state index contributed by atoms with van der Waals surface area (Å²) in [6.07, 6.45) is 3.76. The highest BCUT2D eigenvalue weighted by Crippen LogP contribution is 2.09. The summed E-state index contributed by atoms with van der Waals surface area (Å²) in [7, 11) is 0. The van der Waals surface area contributed by atoms with Gasteiger partial charge in [-0.25, -0.2) is 0 Å². The van der Waals surface area contributed by atoms with Gasteiger partial charge in [0.15, 0.2) is 0 Å². The minimum atomic E-state index is -0.0110. The second-order valence-electron chi connectivity index (χ2n) is 4.82. The molecule has 1 heterocycles. The SMILES string of the molecule is O=C(NCCC[NH+]1CCCC1)c1ccc(Cl)cc1. The average molecular weight is 268 g/mol. The molecule has 0 bridgehead atoms. The molecule has 4 heteroatoms. The Labute approximate surface area is 113 Å². The number of hydrogen-bond donors (Lipinski definition) is 2. The molecule has 0 aromatic heterocycles. The van der Waals surface area contributed by atoms with Gasteiger partial charge in [-0.15, -0.1) is 0 Å². The van der Waals surface area contributed by atoms with Crippen LogP contribution in [0.5, 0.6) is 0 Å². The van der Waals surface area contributed by atoms with E-state index in [4.69, 9.17) is 11.6 Å². The van der Waals surface area contributed by atoms with E-state index in [9.17, 15) is 4.79 Å². The van der Waals surface area contributed by atoms with Gasteiger partial charge in [0.25, 0.3) is 5.91 Å². The zero-order valence-corrected chi connectivity index (χ0v) is 11.3. The molecular weight excluding hydrogens is 248 g/mol. The van der Waals surface area contributed by atoms with E-state index >= 15 is 0 Å². The van der Waals surface area contributed by atoms with Gasteiger partial charge in [0.05, 0.1) is 19.6 Å². The first-order valence-electron chi connectivity index (χ1n) is 6.63. The number of hydrogen-bond acceptors (Lipinski definition) is 1. The second-order valence-corrected chi connectivity index (χ2v) is 5.26. The highest BCUT2D eigenvalue weighted by molar-refractivity contribution is 6.30. The van der Waals surface area contributed by atoms with Gasteiger partial charge in [-0.2, -0.15) is 0 Å². The standard InChI is InChI=1S/C14H19ClN2O/c15-13-6-4-12(5-7-13)14(18)16-8-3-11-17-9-1-2-10-17/h4-7H,1-3,8-11H2,(H,16,18)/p+1. The lowest BCUT2D eigenvalue weighted by molar-refractivity contribution is -0.887. The summed E-state index contributed by atoms with van der Waals surface area (Å²) < 4.78 is 0. The van der Waals surface area contributed by atoms with Gasteiger partial charge in [0.2, 0.25) is 0 Å². The van der Waals surface area contributed by atoms with Crippen LogP contribution in [-0.4, -0.2) is 32.1 Å². The molecule has 0 spiro atoms. The number of quaternary nitrogens is 1. The zero-order valence-electron chi connectivity index (χ0n) is 10.5. The molecule has 1 saturated heterocycles. The quantitative estimate of drug-likeness (QED) is 0.771. The largest absolute Gasteiger partial charge is 0.352 e. The Morgan fingerprint density at radius 1 is 1.22 bits per heavy atom. The van der Waals surface area contributed by atoms with Gasteiger partial charge in [0, 0.05) is 36.4 Å². The molecule has 0 aliphatic carbocycles. The topological polar surface area (TPSA) is 33.5 Å². The number of benzene rings is 1. The van der Waals surface area contributed by atoms with Crippen LogP contribution in [0.3, 0.4) is 0 Å². The number of carbonyl (C=O) groups is 1. The van der Waals surface area contributed by atoms with Crippen LogP contribution in [0.1, 0.15) is 29.6 Å². The van der Waals surface area contributed by atoms with Gasteiger partial charge in [-0.3, -0.25) is 4.79 Å². The molecule has 18 heavy (non-hydrogen) atoms. The molecular formula is C14H20ClN2O+. The van der Waals surface area contributed by atoms with Crippen molar-refractivity contribution in [1.82, 2.24) is 5.32 Å². The molecule has 1 aromatic carbocycles. The molecule has 1 aliphatic rings. The van der Waals surface area contributed by atoms with Gasteiger partial charge >= 0.3 is 0 Å². The van der Waals surface area contributed by atoms with Gasteiger partial charge in [-0.1, -0.05) is 11.6 Å². The molecule has 1 amide bonds. The highest BCUT2D eigenvalue weighted by Gasteiger charge is 2.14. The summed E-state index contributed by atoms with van der Waals surface area (Å²) in [6, 6.07) is 6.99. The molecule has 0 unspecified atom stereocenters. The van der Waals surface area contributed by atoms with Crippen LogP contribution < -0.4 is 10.2 Å². The van der Waals surface area contributed by atoms with Crippen molar-refractivity contribution >= 4 is 17.5 Å². The summed E-state index contributed by atoms with van der Waals surface area (Å²) in [6.45, 7) is 4.52. The van der Waals surface area contributed by atoms with Crippen LogP contribution in [0.15, 0.2) is 24.3 Å². The van der Waals surface area contributed by atoms with Crippen molar-refractivity contribution in [2.24, 2.45) is 0 Å². The third-order valence-electron chi connectivity index (χ3n) is 3.41. The zero-order chi connectivity index (χ0) is 12.8. The molecule has 0 radical (unpaired) electrons. The molecule has 0 saturated carbocycles. The Balaban J connectivity index is 1.66. The molecule has 1 fully saturated rings. The third kappa shape index (κ3) is 4.00. The van der Waals surface area contributed by atoms with Crippen molar-refractivity contribution in [3.63, 3.8) is 0 Å². The molecule has 98 valence electrons. The van der Waals surface area contributed by atoms with Crippen molar-refractivity contribution in [1.29, 1.82) is 0 Å². The van der Waals surface area contributed by atoms with Crippen molar-refractivity contribution < 1.29 is 9.69 Å². The molecule has 2 N–H and O–H groups in total. The number of nitrogens with one attached hydrogen (secondary N) is 2. The Morgan fingerprint density at radius 2 is 1.89 bits per heavy atom. The number of rotatable bonds is 5. The average Bonchev–Trinajstić information content (AvgIpc) is 2.88. The Hall–Kier alpha value is -1.06. The van der Waals surface area contributed by atoms with E-state index in [2.05, 4.69) is 5.32 Å². The van der Waals surface area contributed by atoms with Gasteiger partial charge in [0.1, 0.15) is 0 Å². The molecule has 3 nitrogen and oxygen atoms in total. The van der Waals surface area contributed by atoms with Crippen LogP contribution in [-0.2, 0) is 0 Å². The second kappa shape index (κ2) is 6.76. The van der Waals surface area contributed by atoms with E-state index in [0.29, 0.717) is 10.6 Å². The lowest BCUT2D eigenvalue weighted by atomic mass is 10.2. The molecule has 0 atom stereocenters. The number of likely N-dealkylation sites (tertiary alicyclic amines) is 1. The first kappa shape index (κ1) is 13.4. The minimum absolute atomic E-state index is 0.0110. The summed E-state index contributed by atoms with van der Waals surface area (Å²) in [4.78, 5) is 13.5. The lowest BCUT2D eigenvalue weighted by Crippen LogP contribution is -3.10. The minimum Gasteiger partial charge on any atom is -0.352 e. The van der Waals surface area contributed by atoms with E-state index in [-0.39, 0.29) is 5.91 Å². The van der Waals surface area contributed by atoms with E-state index < -0.39 is 0 Å². The van der Waals surface area contributed by atoms with Crippen molar-refractivity contribution in [2.45, 2.75) is 19.3 Å². The first-order chi connectivity index (χ1) is 8.75. The number of amides is 1. The fraction of sp³-hybridized carbons (Fsp3) is 0.500. The maximum atomic E-state index is 11.8. The summed E-state index contributed by atoms with van der Waals surface area (Å²) in [5.74, 6) is -0.0110. The molecule has 2 rings (SSSR count). The van der Waals surface area contributed by atoms with Crippen molar-refractivity contribution in [3.8, 4) is 0 Å². The van der Waals surface area contributed by atoms with Crippen LogP contribution in [0, 0.1) is 0 Å². The summed E-state index contributed by atoms with van der Waals surface area (Å²) >= 11 is 5.78. The summed E-state index contributed by atoms with van der Waals surface area (Å²) in [5.41, 5.74) is 0.674. The monoisotopic (exact) mass is 267 g/mol. The van der Waals surface area contributed by atoms with Crippen LogP contribution in [0.4, 0.5) is 0 Å². The fourth-order valence-corrected chi connectivity index (χ4v) is 2.49. The summed E-state index contributed by atoms with van der Waals surface area (Å²) in [5, 5.41) is 3.60. The number of carbonyl (C=O) groups excluding carboxylic acids is 1. The molecule has 1 aromatic rings. The van der Waals surface area contributed by atoms with Crippen molar-refractivity contribution in [3.05, 3.63) is 34.9 Å². The Morgan fingerprint density at radius 3 is 2.56 bits per heavy atom. The Kier molecular flexibility index (Phi) is 5.02. The number of halogens is 1. The van der Waals surface area contributed by atoms with Crippen LogP contribution in [0.25, 0.3) is 0 Å². The van der Waals surface area contributed by atoms with E-state index in [1.165, 1.54) is 32.5 Å². The predicted molar refractivity (Wildman–Crippen MR) is 73.2 cm³/mol.